The third-order valence-corrected chi connectivity index (χ3v) is 6.62. The first-order chi connectivity index (χ1) is 13.5. The average molecular weight is 400 g/mol. The van der Waals surface area contributed by atoms with Crippen molar-refractivity contribution in [1.29, 1.82) is 0 Å². The van der Waals surface area contributed by atoms with Crippen LogP contribution in [0.2, 0.25) is 5.02 Å². The Kier molecular flexibility index (Phi) is 5.19. The van der Waals surface area contributed by atoms with Crippen LogP contribution in [-0.2, 0) is 16.1 Å². The maximum absolute atomic E-state index is 13.4. The molecule has 2 amide bonds. The fraction of sp³-hybridized carbons (Fsp3) is 0.455. The van der Waals surface area contributed by atoms with Gasteiger partial charge in [0.1, 0.15) is 6.54 Å². The molecule has 1 saturated carbocycles. The summed E-state index contributed by atoms with van der Waals surface area (Å²) in [6.45, 7) is 4.68. The third-order valence-electron chi connectivity index (χ3n) is 6.36. The number of aromatic nitrogens is 1. The van der Waals surface area contributed by atoms with Gasteiger partial charge < -0.3 is 9.88 Å². The van der Waals surface area contributed by atoms with Crippen LogP contribution in [0.1, 0.15) is 44.8 Å². The van der Waals surface area contributed by atoms with Gasteiger partial charge >= 0.3 is 0 Å². The molecule has 1 aromatic carbocycles. The molecule has 1 aliphatic carbocycles. The maximum atomic E-state index is 13.4. The Balaban J connectivity index is 1.67. The molecule has 1 fully saturated rings. The van der Waals surface area contributed by atoms with E-state index < -0.39 is 6.04 Å². The second-order valence-corrected chi connectivity index (χ2v) is 8.52. The third kappa shape index (κ3) is 3.44. The quantitative estimate of drug-likeness (QED) is 0.842. The van der Waals surface area contributed by atoms with E-state index in [1.54, 1.807) is 29.2 Å². The topological polar surface area (TPSA) is 54.3 Å². The number of benzene rings is 1. The zero-order chi connectivity index (χ0) is 19.8. The van der Waals surface area contributed by atoms with E-state index in [1.165, 1.54) is 6.42 Å². The summed E-state index contributed by atoms with van der Waals surface area (Å²) in [5, 5.41) is 3.86. The number of fused-ring (bicyclic) bond motifs is 1. The highest BCUT2D eigenvalue weighted by molar-refractivity contribution is 6.30. The number of nitrogens with zero attached hydrogens (tertiary/aromatic N) is 2. The highest BCUT2D eigenvalue weighted by Crippen LogP contribution is 2.34. The molecule has 148 valence electrons. The summed E-state index contributed by atoms with van der Waals surface area (Å²) in [4.78, 5) is 28.0. The summed E-state index contributed by atoms with van der Waals surface area (Å²) in [6.07, 6.45) is 5.17. The van der Waals surface area contributed by atoms with Gasteiger partial charge in [-0.3, -0.25) is 14.5 Å². The molecule has 0 spiro atoms. The Hall–Kier alpha value is -2.27. The minimum atomic E-state index is -0.679. The average Bonchev–Trinajstić information content (AvgIpc) is 3.13. The standard InChI is InChI=1S/C22H26ClN3O2/c1-14-5-3-6-18(15(14)2)24-22(28)21-19-7-4-12-25(19)13-20(27)26(21)17-10-8-16(23)9-11-17/h4,7-12,14-15,18,21H,3,5-6,13H2,1-2H3,(H,24,28)/t14-,15-,18+,21-/m1/s1. The van der Waals surface area contributed by atoms with Gasteiger partial charge in [0.05, 0.1) is 5.69 Å². The van der Waals surface area contributed by atoms with Crippen LogP contribution in [0.3, 0.4) is 0 Å². The Morgan fingerprint density at radius 3 is 2.64 bits per heavy atom. The molecule has 1 aliphatic heterocycles. The number of hydrogen-bond donors (Lipinski definition) is 1. The van der Waals surface area contributed by atoms with Crippen LogP contribution in [0.25, 0.3) is 0 Å². The summed E-state index contributed by atoms with van der Waals surface area (Å²) in [5.74, 6) is 0.793. The van der Waals surface area contributed by atoms with Crippen LogP contribution in [0.15, 0.2) is 42.6 Å². The second kappa shape index (κ2) is 7.63. The molecule has 1 aromatic heterocycles. The number of nitrogens with one attached hydrogen (secondary N) is 1. The molecule has 6 heteroatoms. The molecule has 4 atom stereocenters. The lowest BCUT2D eigenvalue weighted by atomic mass is 9.78. The van der Waals surface area contributed by atoms with Crippen molar-refractivity contribution in [3.8, 4) is 0 Å². The van der Waals surface area contributed by atoms with E-state index >= 15 is 0 Å². The van der Waals surface area contributed by atoms with Gasteiger partial charge in [0.2, 0.25) is 11.8 Å². The summed E-state index contributed by atoms with van der Waals surface area (Å²) >= 11 is 6.02. The van der Waals surface area contributed by atoms with Gasteiger partial charge in [-0.2, -0.15) is 0 Å². The van der Waals surface area contributed by atoms with Crippen LogP contribution < -0.4 is 10.2 Å². The van der Waals surface area contributed by atoms with E-state index in [1.807, 2.05) is 22.9 Å². The van der Waals surface area contributed by atoms with Crippen LogP contribution in [0.4, 0.5) is 5.69 Å². The van der Waals surface area contributed by atoms with Crippen molar-refractivity contribution in [3.63, 3.8) is 0 Å². The minimum absolute atomic E-state index is 0.101. The minimum Gasteiger partial charge on any atom is -0.351 e. The number of halogens is 1. The van der Waals surface area contributed by atoms with E-state index in [0.717, 1.165) is 18.5 Å². The fourth-order valence-electron chi connectivity index (χ4n) is 4.51. The maximum Gasteiger partial charge on any atom is 0.249 e. The molecule has 0 saturated heterocycles. The first-order valence-corrected chi connectivity index (χ1v) is 10.4. The first kappa shape index (κ1) is 19.1. The Morgan fingerprint density at radius 1 is 1.14 bits per heavy atom. The molecule has 0 unspecified atom stereocenters. The molecular weight excluding hydrogens is 374 g/mol. The molecular formula is C22H26ClN3O2. The van der Waals surface area contributed by atoms with Crippen molar-refractivity contribution in [2.45, 2.75) is 51.7 Å². The summed E-state index contributed by atoms with van der Waals surface area (Å²) < 4.78 is 1.87. The molecule has 2 aliphatic rings. The normalized spacial score (nSPS) is 27.4. The highest BCUT2D eigenvalue weighted by Gasteiger charge is 2.40. The van der Waals surface area contributed by atoms with E-state index in [2.05, 4.69) is 19.2 Å². The van der Waals surface area contributed by atoms with E-state index in [0.29, 0.717) is 22.5 Å². The van der Waals surface area contributed by atoms with Crippen LogP contribution in [-0.4, -0.2) is 22.4 Å². The number of amides is 2. The monoisotopic (exact) mass is 399 g/mol. The number of rotatable bonds is 3. The van der Waals surface area contributed by atoms with Gasteiger partial charge in [-0.05, 0) is 54.7 Å². The van der Waals surface area contributed by atoms with Gasteiger partial charge in [-0.15, -0.1) is 0 Å². The smallest absolute Gasteiger partial charge is 0.249 e. The molecule has 2 aromatic rings. The first-order valence-electron chi connectivity index (χ1n) is 9.98. The molecule has 0 radical (unpaired) electrons. The molecule has 0 bridgehead atoms. The van der Waals surface area contributed by atoms with Gasteiger partial charge in [0.25, 0.3) is 0 Å². The zero-order valence-electron chi connectivity index (χ0n) is 16.3. The lowest BCUT2D eigenvalue weighted by Gasteiger charge is -2.39. The fourth-order valence-corrected chi connectivity index (χ4v) is 4.64. The van der Waals surface area contributed by atoms with Crippen molar-refractivity contribution in [2.75, 3.05) is 4.90 Å². The summed E-state index contributed by atoms with van der Waals surface area (Å²) in [7, 11) is 0. The van der Waals surface area contributed by atoms with Gasteiger partial charge in [0, 0.05) is 22.9 Å². The number of carbonyl (C=O) groups excluding carboxylic acids is 2. The van der Waals surface area contributed by atoms with Crippen molar-refractivity contribution in [1.82, 2.24) is 9.88 Å². The van der Waals surface area contributed by atoms with Gasteiger partial charge in [-0.25, -0.2) is 0 Å². The van der Waals surface area contributed by atoms with Crippen molar-refractivity contribution in [3.05, 3.63) is 53.3 Å². The summed E-state index contributed by atoms with van der Waals surface area (Å²) in [5.41, 5.74) is 1.52. The molecule has 28 heavy (non-hydrogen) atoms. The number of carbonyl (C=O) groups is 2. The largest absolute Gasteiger partial charge is 0.351 e. The molecule has 5 nitrogen and oxygen atoms in total. The van der Waals surface area contributed by atoms with E-state index in [9.17, 15) is 9.59 Å². The van der Waals surface area contributed by atoms with E-state index in [-0.39, 0.29) is 24.4 Å². The molecule has 2 heterocycles. The van der Waals surface area contributed by atoms with Crippen LogP contribution in [0.5, 0.6) is 0 Å². The van der Waals surface area contributed by atoms with E-state index in [4.69, 9.17) is 11.6 Å². The van der Waals surface area contributed by atoms with Crippen molar-refractivity contribution in [2.24, 2.45) is 11.8 Å². The van der Waals surface area contributed by atoms with Crippen molar-refractivity contribution >= 4 is 29.1 Å². The second-order valence-electron chi connectivity index (χ2n) is 8.09. The number of anilines is 1. The zero-order valence-corrected chi connectivity index (χ0v) is 17.0. The number of hydrogen-bond acceptors (Lipinski definition) is 2. The Bertz CT molecular complexity index is 876. The Morgan fingerprint density at radius 2 is 1.89 bits per heavy atom. The molecule has 4 rings (SSSR count). The summed E-state index contributed by atoms with van der Waals surface area (Å²) in [6, 6.07) is 10.4. The highest BCUT2D eigenvalue weighted by atomic mass is 35.5. The van der Waals surface area contributed by atoms with Crippen molar-refractivity contribution < 1.29 is 9.59 Å². The predicted octanol–water partition coefficient (Wildman–Crippen LogP) is 4.17. The van der Waals surface area contributed by atoms with Crippen LogP contribution >= 0.6 is 11.6 Å². The SMILES string of the molecule is C[C@@H]1[C@H](C)CCC[C@@H]1NC(=O)[C@H]1c2cccn2CC(=O)N1c1ccc(Cl)cc1. The van der Waals surface area contributed by atoms with Gasteiger partial charge in [-0.1, -0.05) is 38.3 Å². The van der Waals surface area contributed by atoms with Crippen LogP contribution in [0, 0.1) is 11.8 Å². The van der Waals surface area contributed by atoms with Gasteiger partial charge in [0.15, 0.2) is 6.04 Å². The Labute approximate surface area is 170 Å². The molecule has 1 N–H and O–H groups in total. The lowest BCUT2D eigenvalue weighted by Crippen LogP contribution is -2.53. The lowest BCUT2D eigenvalue weighted by molar-refractivity contribution is -0.129. The predicted molar refractivity (Wildman–Crippen MR) is 110 cm³/mol.